The van der Waals surface area contributed by atoms with Crippen LogP contribution < -0.4 is 5.32 Å². The van der Waals surface area contributed by atoms with Crippen LogP contribution in [0.25, 0.3) is 5.69 Å². The minimum Gasteiger partial charge on any atom is -0.309 e. The molecule has 0 unspecified atom stereocenters. The minimum absolute atomic E-state index is 0.453. The average molecular weight is 258 g/mol. The fourth-order valence-corrected chi connectivity index (χ4v) is 2.09. The predicted molar refractivity (Wildman–Crippen MR) is 77.3 cm³/mol. The van der Waals surface area contributed by atoms with Crippen LogP contribution in [0.3, 0.4) is 0 Å². The van der Waals surface area contributed by atoms with Crippen LogP contribution in [0, 0.1) is 0 Å². The molecule has 0 saturated carbocycles. The van der Waals surface area contributed by atoms with Gasteiger partial charge in [-0.3, -0.25) is 0 Å². The van der Waals surface area contributed by atoms with Gasteiger partial charge in [0.2, 0.25) is 0 Å². The van der Waals surface area contributed by atoms with Crippen molar-refractivity contribution in [2.75, 3.05) is 0 Å². The molecule has 2 rings (SSSR count). The molecule has 19 heavy (non-hydrogen) atoms. The number of para-hydroxylation sites is 1. The fourth-order valence-electron chi connectivity index (χ4n) is 2.09. The van der Waals surface area contributed by atoms with Crippen LogP contribution >= 0.6 is 0 Å². The lowest BCUT2D eigenvalue weighted by atomic mass is 10.1. The van der Waals surface area contributed by atoms with Gasteiger partial charge in [-0.05, 0) is 18.1 Å². The first kappa shape index (κ1) is 13.7. The summed E-state index contributed by atoms with van der Waals surface area (Å²) in [6.07, 6.45) is 4.02. The lowest BCUT2D eigenvalue weighted by molar-refractivity contribution is 0.569. The van der Waals surface area contributed by atoms with Gasteiger partial charge in [-0.1, -0.05) is 50.6 Å². The molecule has 0 bridgehead atoms. The number of nitrogens with zero attached hydrogens (tertiary/aromatic N) is 3. The van der Waals surface area contributed by atoms with Crippen molar-refractivity contribution in [3.8, 4) is 5.69 Å². The maximum absolute atomic E-state index is 4.23. The van der Waals surface area contributed by atoms with Crippen LogP contribution in [0.15, 0.2) is 30.5 Å². The molecular formula is C15H22N4. The van der Waals surface area contributed by atoms with Crippen LogP contribution in [0.5, 0.6) is 0 Å². The van der Waals surface area contributed by atoms with Crippen molar-refractivity contribution < 1.29 is 0 Å². The lowest BCUT2D eigenvalue weighted by Gasteiger charge is -2.12. The topological polar surface area (TPSA) is 42.7 Å². The average Bonchev–Trinajstić information content (AvgIpc) is 2.85. The Kier molecular flexibility index (Phi) is 4.68. The Labute approximate surface area is 114 Å². The highest BCUT2D eigenvalue weighted by Crippen LogP contribution is 2.17. The highest BCUT2D eigenvalue weighted by molar-refractivity contribution is 5.41. The quantitative estimate of drug-likeness (QED) is 0.866. The molecular weight excluding hydrogens is 236 g/mol. The summed E-state index contributed by atoms with van der Waals surface area (Å²) in [7, 11) is 0. The molecule has 0 amide bonds. The second kappa shape index (κ2) is 6.48. The molecule has 0 aliphatic heterocycles. The van der Waals surface area contributed by atoms with Gasteiger partial charge < -0.3 is 5.32 Å². The van der Waals surface area contributed by atoms with E-state index in [9.17, 15) is 0 Å². The summed E-state index contributed by atoms with van der Waals surface area (Å²) >= 11 is 0. The Morgan fingerprint density at radius 3 is 2.79 bits per heavy atom. The number of nitrogens with one attached hydrogen (secondary N) is 1. The molecule has 0 atom stereocenters. The molecule has 1 N–H and O–H groups in total. The smallest absolute Gasteiger partial charge is 0.0783 e. The van der Waals surface area contributed by atoms with E-state index in [1.165, 1.54) is 5.56 Å². The third-order valence-electron chi connectivity index (χ3n) is 3.05. The molecule has 0 aliphatic carbocycles. The molecule has 4 heteroatoms. The molecule has 0 radical (unpaired) electrons. The monoisotopic (exact) mass is 258 g/mol. The highest BCUT2D eigenvalue weighted by Gasteiger charge is 2.09. The first-order valence-electron chi connectivity index (χ1n) is 6.93. The van der Waals surface area contributed by atoms with Gasteiger partial charge in [0.15, 0.2) is 0 Å². The van der Waals surface area contributed by atoms with Crippen molar-refractivity contribution in [3.05, 3.63) is 41.7 Å². The van der Waals surface area contributed by atoms with Crippen molar-refractivity contribution in [2.45, 2.75) is 46.2 Å². The molecule has 4 nitrogen and oxygen atoms in total. The van der Waals surface area contributed by atoms with Crippen molar-refractivity contribution >= 4 is 0 Å². The molecule has 1 aromatic heterocycles. The molecule has 1 heterocycles. The first-order chi connectivity index (χ1) is 9.22. The van der Waals surface area contributed by atoms with E-state index in [4.69, 9.17) is 0 Å². The standard InChI is InChI=1S/C15H22N4/c1-4-7-13-8-5-6-9-15(13)19-14(11-17-18-19)10-16-12(2)3/h5-6,8-9,11-12,16H,4,7,10H2,1-3H3. The van der Waals surface area contributed by atoms with E-state index < -0.39 is 0 Å². The third kappa shape index (κ3) is 3.41. The zero-order chi connectivity index (χ0) is 13.7. The van der Waals surface area contributed by atoms with Gasteiger partial charge in [-0.25, -0.2) is 4.68 Å². The zero-order valence-corrected chi connectivity index (χ0v) is 11.9. The number of aromatic nitrogens is 3. The first-order valence-corrected chi connectivity index (χ1v) is 6.93. The van der Waals surface area contributed by atoms with Crippen LogP contribution in [0.4, 0.5) is 0 Å². The Balaban J connectivity index is 2.29. The minimum atomic E-state index is 0.453. The van der Waals surface area contributed by atoms with E-state index in [1.54, 1.807) is 0 Å². The second-order valence-electron chi connectivity index (χ2n) is 5.05. The molecule has 102 valence electrons. The summed E-state index contributed by atoms with van der Waals surface area (Å²) in [5, 5.41) is 11.7. The molecule has 2 aromatic rings. The SMILES string of the molecule is CCCc1ccccc1-n1nncc1CNC(C)C. The number of aryl methyl sites for hydroxylation is 1. The van der Waals surface area contributed by atoms with Crippen molar-refractivity contribution in [3.63, 3.8) is 0 Å². The van der Waals surface area contributed by atoms with E-state index in [2.05, 4.69) is 60.7 Å². The van der Waals surface area contributed by atoms with E-state index in [-0.39, 0.29) is 0 Å². The molecule has 0 spiro atoms. The van der Waals surface area contributed by atoms with Crippen molar-refractivity contribution in [1.29, 1.82) is 0 Å². The van der Waals surface area contributed by atoms with Gasteiger partial charge in [-0.15, -0.1) is 5.10 Å². The van der Waals surface area contributed by atoms with E-state index >= 15 is 0 Å². The lowest BCUT2D eigenvalue weighted by Crippen LogP contribution is -2.23. The zero-order valence-electron chi connectivity index (χ0n) is 11.9. The molecule has 0 aliphatic rings. The van der Waals surface area contributed by atoms with Gasteiger partial charge in [0.1, 0.15) is 0 Å². The van der Waals surface area contributed by atoms with Gasteiger partial charge >= 0.3 is 0 Å². The number of benzene rings is 1. The van der Waals surface area contributed by atoms with Crippen LogP contribution in [-0.4, -0.2) is 21.0 Å². The van der Waals surface area contributed by atoms with Crippen molar-refractivity contribution in [2.24, 2.45) is 0 Å². The van der Waals surface area contributed by atoms with E-state index in [1.807, 2.05) is 10.9 Å². The fraction of sp³-hybridized carbons (Fsp3) is 0.467. The molecule has 1 aromatic carbocycles. The number of hydrogen-bond donors (Lipinski definition) is 1. The largest absolute Gasteiger partial charge is 0.309 e. The third-order valence-corrected chi connectivity index (χ3v) is 3.05. The number of hydrogen-bond acceptors (Lipinski definition) is 3. The van der Waals surface area contributed by atoms with E-state index in [0.717, 1.165) is 30.8 Å². The maximum Gasteiger partial charge on any atom is 0.0783 e. The second-order valence-corrected chi connectivity index (χ2v) is 5.05. The summed E-state index contributed by atoms with van der Waals surface area (Å²) < 4.78 is 1.94. The van der Waals surface area contributed by atoms with Gasteiger partial charge in [0.25, 0.3) is 0 Å². The Morgan fingerprint density at radius 1 is 1.26 bits per heavy atom. The summed E-state index contributed by atoms with van der Waals surface area (Å²) in [4.78, 5) is 0. The van der Waals surface area contributed by atoms with Gasteiger partial charge in [0.05, 0.1) is 17.6 Å². The summed E-state index contributed by atoms with van der Waals surface area (Å²) in [5.41, 5.74) is 3.56. The predicted octanol–water partition coefficient (Wildman–Crippen LogP) is 2.72. The highest BCUT2D eigenvalue weighted by atomic mass is 15.4. The summed E-state index contributed by atoms with van der Waals surface area (Å²) in [6.45, 7) is 7.25. The molecule has 0 saturated heterocycles. The van der Waals surface area contributed by atoms with Crippen LogP contribution in [0.1, 0.15) is 38.4 Å². The van der Waals surface area contributed by atoms with E-state index in [0.29, 0.717) is 6.04 Å². The van der Waals surface area contributed by atoms with Gasteiger partial charge in [-0.2, -0.15) is 0 Å². The Hall–Kier alpha value is -1.68. The Morgan fingerprint density at radius 2 is 2.05 bits per heavy atom. The van der Waals surface area contributed by atoms with Crippen LogP contribution in [0.2, 0.25) is 0 Å². The van der Waals surface area contributed by atoms with Gasteiger partial charge in [0, 0.05) is 12.6 Å². The van der Waals surface area contributed by atoms with Crippen molar-refractivity contribution in [1.82, 2.24) is 20.3 Å². The van der Waals surface area contributed by atoms with Crippen LogP contribution in [-0.2, 0) is 13.0 Å². The molecule has 0 fully saturated rings. The maximum atomic E-state index is 4.23. The summed E-state index contributed by atoms with van der Waals surface area (Å²) in [6, 6.07) is 8.86. The number of rotatable bonds is 6. The Bertz CT molecular complexity index is 516. The summed E-state index contributed by atoms with van der Waals surface area (Å²) in [5.74, 6) is 0. The normalized spacial score (nSPS) is 11.2.